The number of carbonyl (C=O) groups is 1. The van der Waals surface area contributed by atoms with Gasteiger partial charge >= 0.3 is 5.97 Å². The van der Waals surface area contributed by atoms with Gasteiger partial charge in [-0.05, 0) is 25.1 Å². The molecule has 1 heterocycles. The fourth-order valence-corrected chi connectivity index (χ4v) is 1.42. The lowest BCUT2D eigenvalue weighted by Gasteiger charge is -2.23. The first-order valence-corrected chi connectivity index (χ1v) is 4.72. The van der Waals surface area contributed by atoms with Crippen LogP contribution in [-0.2, 0) is 4.74 Å². The Hall–Kier alpha value is -1.71. The molecule has 1 aliphatic rings. The van der Waals surface area contributed by atoms with Crippen LogP contribution in [0.4, 0.5) is 0 Å². The summed E-state index contributed by atoms with van der Waals surface area (Å²) in [4.78, 5) is 11.2. The number of hydrogen-bond donors (Lipinski definition) is 0. The molecule has 1 atom stereocenters. The molecule has 1 aromatic carbocycles. The normalized spacial score (nSPS) is 18.4. The molecule has 15 heavy (non-hydrogen) atoms. The molecule has 0 aliphatic carbocycles. The predicted molar refractivity (Wildman–Crippen MR) is 53.4 cm³/mol. The van der Waals surface area contributed by atoms with E-state index in [-0.39, 0.29) is 12.1 Å². The van der Waals surface area contributed by atoms with Gasteiger partial charge in [0, 0.05) is 0 Å². The molecule has 0 radical (unpaired) electrons. The summed E-state index contributed by atoms with van der Waals surface area (Å²) in [6.45, 7) is 2.43. The van der Waals surface area contributed by atoms with Crippen LogP contribution in [0.5, 0.6) is 11.5 Å². The van der Waals surface area contributed by atoms with Crippen LogP contribution in [0, 0.1) is 0 Å². The molecule has 0 spiro atoms. The highest BCUT2D eigenvalue weighted by Crippen LogP contribution is 2.32. The van der Waals surface area contributed by atoms with Crippen molar-refractivity contribution in [2.45, 2.75) is 13.0 Å². The lowest BCUT2D eigenvalue weighted by Crippen LogP contribution is -2.25. The van der Waals surface area contributed by atoms with E-state index in [1.54, 1.807) is 18.2 Å². The molecule has 0 amide bonds. The number of carbonyl (C=O) groups excluding carboxylic acids is 1. The van der Waals surface area contributed by atoms with Gasteiger partial charge in [-0.2, -0.15) is 0 Å². The molecule has 2 rings (SSSR count). The van der Waals surface area contributed by atoms with Crippen molar-refractivity contribution in [1.82, 2.24) is 0 Å². The average Bonchev–Trinajstić information content (AvgIpc) is 2.27. The molecule has 80 valence electrons. The molecule has 1 aliphatic heterocycles. The van der Waals surface area contributed by atoms with Gasteiger partial charge < -0.3 is 14.2 Å². The van der Waals surface area contributed by atoms with Crippen molar-refractivity contribution in [2.24, 2.45) is 0 Å². The summed E-state index contributed by atoms with van der Waals surface area (Å²) in [5, 5.41) is 0. The maximum atomic E-state index is 11.2. The predicted octanol–water partition coefficient (Wildman–Crippen LogP) is 1.63. The Kier molecular flexibility index (Phi) is 2.49. The minimum atomic E-state index is -0.375. The van der Waals surface area contributed by atoms with Crippen molar-refractivity contribution in [1.29, 1.82) is 0 Å². The van der Waals surface area contributed by atoms with E-state index >= 15 is 0 Å². The molecule has 0 fully saturated rings. The van der Waals surface area contributed by atoms with Gasteiger partial charge in [-0.1, -0.05) is 0 Å². The summed E-state index contributed by atoms with van der Waals surface area (Å²) < 4.78 is 15.6. The maximum Gasteiger partial charge on any atom is 0.337 e. The molecular formula is C11H12O4. The van der Waals surface area contributed by atoms with Gasteiger partial charge in [0.1, 0.15) is 12.7 Å². The highest BCUT2D eigenvalue weighted by Gasteiger charge is 2.18. The van der Waals surface area contributed by atoms with Crippen molar-refractivity contribution in [3.8, 4) is 11.5 Å². The zero-order valence-electron chi connectivity index (χ0n) is 8.65. The van der Waals surface area contributed by atoms with E-state index in [1.165, 1.54) is 7.11 Å². The summed E-state index contributed by atoms with van der Waals surface area (Å²) in [5.74, 6) is 0.887. The van der Waals surface area contributed by atoms with Gasteiger partial charge in [-0.15, -0.1) is 0 Å². The Morgan fingerprint density at radius 3 is 3.00 bits per heavy atom. The van der Waals surface area contributed by atoms with E-state index in [2.05, 4.69) is 4.74 Å². The number of hydrogen-bond acceptors (Lipinski definition) is 4. The quantitative estimate of drug-likeness (QED) is 0.658. The van der Waals surface area contributed by atoms with E-state index in [9.17, 15) is 4.79 Å². The Morgan fingerprint density at radius 1 is 1.47 bits per heavy atom. The minimum absolute atomic E-state index is 0.0430. The molecule has 0 aromatic heterocycles. The number of rotatable bonds is 1. The monoisotopic (exact) mass is 208 g/mol. The zero-order chi connectivity index (χ0) is 10.8. The molecular weight excluding hydrogens is 196 g/mol. The second-order valence-corrected chi connectivity index (χ2v) is 3.39. The molecule has 1 unspecified atom stereocenters. The maximum absolute atomic E-state index is 11.2. The van der Waals surface area contributed by atoms with Gasteiger partial charge in [0.05, 0.1) is 12.7 Å². The van der Waals surface area contributed by atoms with Crippen molar-refractivity contribution in [3.63, 3.8) is 0 Å². The summed E-state index contributed by atoms with van der Waals surface area (Å²) in [5.41, 5.74) is 0.467. The van der Waals surface area contributed by atoms with Crippen LogP contribution in [0.25, 0.3) is 0 Å². The van der Waals surface area contributed by atoms with Gasteiger partial charge in [0.15, 0.2) is 11.5 Å². The molecule has 4 nitrogen and oxygen atoms in total. The van der Waals surface area contributed by atoms with Gasteiger partial charge in [-0.25, -0.2) is 4.79 Å². The summed E-state index contributed by atoms with van der Waals surface area (Å²) in [7, 11) is 1.35. The summed E-state index contributed by atoms with van der Waals surface area (Å²) in [6.07, 6.45) is 0.0430. The molecule has 0 saturated carbocycles. The van der Waals surface area contributed by atoms with E-state index in [0.29, 0.717) is 23.7 Å². The molecule has 1 aromatic rings. The number of benzene rings is 1. The number of methoxy groups -OCH3 is 1. The highest BCUT2D eigenvalue weighted by molar-refractivity contribution is 5.90. The van der Waals surface area contributed by atoms with Crippen LogP contribution in [0.2, 0.25) is 0 Å². The van der Waals surface area contributed by atoms with Gasteiger partial charge in [0.2, 0.25) is 0 Å². The van der Waals surface area contributed by atoms with Crippen LogP contribution >= 0.6 is 0 Å². The topological polar surface area (TPSA) is 44.8 Å². The van der Waals surface area contributed by atoms with E-state index in [1.807, 2.05) is 6.92 Å². The van der Waals surface area contributed by atoms with Gasteiger partial charge in [0.25, 0.3) is 0 Å². The van der Waals surface area contributed by atoms with Crippen molar-refractivity contribution < 1.29 is 19.0 Å². The van der Waals surface area contributed by atoms with Gasteiger partial charge in [-0.3, -0.25) is 0 Å². The third-order valence-electron chi connectivity index (χ3n) is 2.17. The Bertz CT molecular complexity index is 386. The smallest absolute Gasteiger partial charge is 0.337 e. The average molecular weight is 208 g/mol. The third kappa shape index (κ3) is 1.88. The molecule has 4 heteroatoms. The summed E-state index contributed by atoms with van der Waals surface area (Å²) in [6, 6.07) is 5.01. The zero-order valence-corrected chi connectivity index (χ0v) is 8.65. The van der Waals surface area contributed by atoms with Crippen LogP contribution in [0.3, 0.4) is 0 Å². The van der Waals surface area contributed by atoms with Crippen molar-refractivity contribution in [2.75, 3.05) is 13.7 Å². The second-order valence-electron chi connectivity index (χ2n) is 3.39. The lowest BCUT2D eigenvalue weighted by molar-refractivity contribution is 0.0598. The van der Waals surface area contributed by atoms with Crippen molar-refractivity contribution in [3.05, 3.63) is 23.8 Å². The van der Waals surface area contributed by atoms with Crippen LogP contribution in [-0.4, -0.2) is 25.8 Å². The Morgan fingerprint density at radius 2 is 2.27 bits per heavy atom. The fourth-order valence-electron chi connectivity index (χ4n) is 1.42. The second kappa shape index (κ2) is 3.81. The number of fused-ring (bicyclic) bond motifs is 1. The van der Waals surface area contributed by atoms with Crippen molar-refractivity contribution >= 4 is 5.97 Å². The summed E-state index contributed by atoms with van der Waals surface area (Å²) >= 11 is 0. The number of esters is 1. The first-order chi connectivity index (χ1) is 7.20. The molecule has 0 saturated heterocycles. The van der Waals surface area contributed by atoms with E-state index < -0.39 is 0 Å². The number of ether oxygens (including phenoxy) is 3. The Balaban J connectivity index is 2.30. The minimum Gasteiger partial charge on any atom is -0.486 e. The fraction of sp³-hybridized carbons (Fsp3) is 0.364. The first kappa shape index (κ1) is 9.83. The highest BCUT2D eigenvalue weighted by atomic mass is 16.6. The standard InChI is InChI=1S/C11H12O4/c1-7-6-14-10-5-8(11(12)13-2)3-4-9(10)15-7/h3-5,7H,6H2,1-2H3. The van der Waals surface area contributed by atoms with E-state index in [4.69, 9.17) is 9.47 Å². The van der Waals surface area contributed by atoms with Crippen LogP contribution in [0.1, 0.15) is 17.3 Å². The SMILES string of the molecule is COC(=O)c1ccc2c(c1)OCC(C)O2. The first-order valence-electron chi connectivity index (χ1n) is 4.72. The van der Waals surface area contributed by atoms with Crippen LogP contribution in [0.15, 0.2) is 18.2 Å². The molecule has 0 bridgehead atoms. The Labute approximate surface area is 87.8 Å². The third-order valence-corrected chi connectivity index (χ3v) is 2.17. The molecule has 0 N–H and O–H groups in total. The largest absolute Gasteiger partial charge is 0.486 e. The van der Waals surface area contributed by atoms with Crippen LogP contribution < -0.4 is 9.47 Å². The van der Waals surface area contributed by atoms with E-state index in [0.717, 1.165) is 0 Å². The lowest BCUT2D eigenvalue weighted by atomic mass is 10.2.